The number of pyridine rings is 1. The Kier molecular flexibility index (Phi) is 4.95. The van der Waals surface area contributed by atoms with E-state index in [0.717, 1.165) is 49.2 Å². The van der Waals surface area contributed by atoms with Crippen LogP contribution in [0.4, 0.5) is 0 Å². The molecule has 1 saturated carbocycles. The molecule has 1 aliphatic rings. The van der Waals surface area contributed by atoms with Crippen LogP contribution in [0, 0.1) is 5.92 Å². The highest BCUT2D eigenvalue weighted by atomic mass is 79.9. The fourth-order valence-corrected chi connectivity index (χ4v) is 2.73. The van der Waals surface area contributed by atoms with E-state index < -0.39 is 0 Å². The summed E-state index contributed by atoms with van der Waals surface area (Å²) in [6, 6.07) is 2.09. The highest BCUT2D eigenvalue weighted by Gasteiger charge is 2.18. The Hall–Kier alpha value is -0.450. The highest BCUT2D eigenvalue weighted by Crippen LogP contribution is 2.23. The van der Waals surface area contributed by atoms with E-state index >= 15 is 0 Å². The van der Waals surface area contributed by atoms with Gasteiger partial charge in [-0.15, -0.1) is 0 Å². The zero-order chi connectivity index (χ0) is 12.1. The molecule has 3 nitrogen and oxygen atoms in total. The first-order valence-electron chi connectivity index (χ1n) is 6.22. The molecule has 0 atom stereocenters. The first-order chi connectivity index (χ1) is 8.24. The molecule has 1 aromatic rings. The van der Waals surface area contributed by atoms with Gasteiger partial charge in [-0.05, 0) is 65.7 Å². The van der Waals surface area contributed by atoms with Gasteiger partial charge in [0.1, 0.15) is 0 Å². The summed E-state index contributed by atoms with van der Waals surface area (Å²) in [4.78, 5) is 4.14. The summed E-state index contributed by atoms with van der Waals surface area (Å²) in [5.74, 6) is 0.721. The van der Waals surface area contributed by atoms with Crippen LogP contribution in [0.1, 0.15) is 31.2 Å². The van der Waals surface area contributed by atoms with Crippen LogP contribution in [0.2, 0.25) is 0 Å². The molecule has 0 aromatic carbocycles. The maximum Gasteiger partial charge on any atom is 0.0540 e. The number of nitrogens with one attached hydrogen (secondary N) is 1. The van der Waals surface area contributed by atoms with Gasteiger partial charge < -0.3 is 10.4 Å². The average molecular weight is 299 g/mol. The predicted molar refractivity (Wildman–Crippen MR) is 71.6 cm³/mol. The molecule has 0 aliphatic heterocycles. The molecule has 2 N–H and O–H groups in total. The maximum absolute atomic E-state index is 9.43. The van der Waals surface area contributed by atoms with Crippen LogP contribution in [0.5, 0.6) is 0 Å². The van der Waals surface area contributed by atoms with Crippen molar-refractivity contribution in [1.82, 2.24) is 10.3 Å². The standard InChI is InChI=1S/C13H19BrN2O/c14-12-5-11(8-16-9-12)7-15-6-10-1-3-13(17)4-2-10/h5,8-10,13,15,17H,1-4,6-7H2. The van der Waals surface area contributed by atoms with Crippen molar-refractivity contribution in [3.8, 4) is 0 Å². The number of aromatic nitrogens is 1. The maximum atomic E-state index is 9.43. The Bertz CT molecular complexity index is 351. The van der Waals surface area contributed by atoms with Gasteiger partial charge >= 0.3 is 0 Å². The smallest absolute Gasteiger partial charge is 0.0540 e. The van der Waals surface area contributed by atoms with Gasteiger partial charge in [0, 0.05) is 23.4 Å². The second-order valence-corrected chi connectivity index (χ2v) is 5.73. The number of hydrogen-bond acceptors (Lipinski definition) is 3. The molecule has 1 aromatic heterocycles. The second kappa shape index (κ2) is 6.47. The Morgan fingerprint density at radius 2 is 2.06 bits per heavy atom. The van der Waals surface area contributed by atoms with Crippen molar-refractivity contribution in [1.29, 1.82) is 0 Å². The topological polar surface area (TPSA) is 45.1 Å². The van der Waals surface area contributed by atoms with Gasteiger partial charge in [-0.3, -0.25) is 4.98 Å². The molecule has 17 heavy (non-hydrogen) atoms. The minimum Gasteiger partial charge on any atom is -0.393 e. The number of aliphatic hydroxyl groups is 1. The monoisotopic (exact) mass is 298 g/mol. The van der Waals surface area contributed by atoms with Gasteiger partial charge in [0.15, 0.2) is 0 Å². The minimum atomic E-state index is -0.0551. The van der Waals surface area contributed by atoms with E-state index in [9.17, 15) is 5.11 Å². The van der Waals surface area contributed by atoms with Gasteiger partial charge in [0.25, 0.3) is 0 Å². The predicted octanol–water partition coefficient (Wildman–Crippen LogP) is 2.48. The van der Waals surface area contributed by atoms with Crippen LogP contribution in [-0.2, 0) is 6.54 Å². The summed E-state index contributed by atoms with van der Waals surface area (Å²) in [6.07, 6.45) is 7.85. The zero-order valence-electron chi connectivity index (χ0n) is 9.90. The molecular weight excluding hydrogens is 280 g/mol. The lowest BCUT2D eigenvalue weighted by atomic mass is 9.87. The number of rotatable bonds is 4. The van der Waals surface area contributed by atoms with E-state index in [2.05, 4.69) is 32.3 Å². The minimum absolute atomic E-state index is 0.0551. The molecule has 0 saturated heterocycles. The van der Waals surface area contributed by atoms with Crippen LogP contribution < -0.4 is 5.32 Å². The van der Waals surface area contributed by atoms with Gasteiger partial charge in [0.2, 0.25) is 0 Å². The molecule has 0 amide bonds. The van der Waals surface area contributed by atoms with Gasteiger partial charge in [-0.25, -0.2) is 0 Å². The van der Waals surface area contributed by atoms with Crippen LogP contribution >= 0.6 is 15.9 Å². The Morgan fingerprint density at radius 1 is 1.29 bits per heavy atom. The van der Waals surface area contributed by atoms with Gasteiger partial charge in [-0.1, -0.05) is 0 Å². The van der Waals surface area contributed by atoms with E-state index in [0.29, 0.717) is 0 Å². The van der Waals surface area contributed by atoms with Gasteiger partial charge in [0.05, 0.1) is 6.10 Å². The average Bonchev–Trinajstić information content (AvgIpc) is 2.32. The lowest BCUT2D eigenvalue weighted by Gasteiger charge is -2.25. The normalized spacial score (nSPS) is 24.8. The Morgan fingerprint density at radius 3 is 2.76 bits per heavy atom. The summed E-state index contributed by atoms with van der Waals surface area (Å²) in [5, 5.41) is 12.9. The molecule has 1 aliphatic carbocycles. The molecule has 94 valence electrons. The second-order valence-electron chi connectivity index (χ2n) is 4.82. The quantitative estimate of drug-likeness (QED) is 0.898. The highest BCUT2D eigenvalue weighted by molar-refractivity contribution is 9.10. The molecule has 1 fully saturated rings. The van der Waals surface area contributed by atoms with Crippen molar-refractivity contribution >= 4 is 15.9 Å². The largest absolute Gasteiger partial charge is 0.393 e. The van der Waals surface area contributed by atoms with Crippen LogP contribution in [0.15, 0.2) is 22.9 Å². The Balaban J connectivity index is 1.69. The Labute approximate surface area is 111 Å². The first-order valence-corrected chi connectivity index (χ1v) is 7.01. The van der Waals surface area contributed by atoms with Crippen molar-refractivity contribution in [2.24, 2.45) is 5.92 Å². The molecule has 0 radical (unpaired) electrons. The van der Waals surface area contributed by atoms with Gasteiger partial charge in [-0.2, -0.15) is 0 Å². The third-order valence-electron chi connectivity index (χ3n) is 3.34. The first kappa shape index (κ1) is 13.0. The van der Waals surface area contributed by atoms with Crippen LogP contribution in [0.25, 0.3) is 0 Å². The van der Waals surface area contributed by atoms with E-state index in [-0.39, 0.29) is 6.10 Å². The lowest BCUT2D eigenvalue weighted by molar-refractivity contribution is 0.108. The van der Waals surface area contributed by atoms with E-state index in [1.807, 2.05) is 6.20 Å². The summed E-state index contributed by atoms with van der Waals surface area (Å²) in [6.45, 7) is 1.91. The van der Waals surface area contributed by atoms with Crippen molar-refractivity contribution in [2.45, 2.75) is 38.3 Å². The summed E-state index contributed by atoms with van der Waals surface area (Å²) in [7, 11) is 0. The SMILES string of the molecule is OC1CCC(CNCc2cncc(Br)c2)CC1. The van der Waals surface area contributed by atoms with Crippen LogP contribution in [-0.4, -0.2) is 22.7 Å². The molecule has 0 unspecified atom stereocenters. The number of nitrogens with zero attached hydrogens (tertiary/aromatic N) is 1. The number of aliphatic hydroxyl groups excluding tert-OH is 1. The fourth-order valence-electron chi connectivity index (χ4n) is 2.32. The van der Waals surface area contributed by atoms with Crippen LogP contribution in [0.3, 0.4) is 0 Å². The third kappa shape index (κ3) is 4.37. The fraction of sp³-hybridized carbons (Fsp3) is 0.615. The number of halogens is 1. The van der Waals surface area contributed by atoms with Crippen molar-refractivity contribution in [3.05, 3.63) is 28.5 Å². The molecule has 2 rings (SSSR count). The molecule has 4 heteroatoms. The van der Waals surface area contributed by atoms with Crippen molar-refractivity contribution in [3.63, 3.8) is 0 Å². The van der Waals surface area contributed by atoms with Crippen molar-refractivity contribution < 1.29 is 5.11 Å². The van der Waals surface area contributed by atoms with E-state index in [1.165, 1.54) is 5.56 Å². The molecule has 1 heterocycles. The van der Waals surface area contributed by atoms with Crippen molar-refractivity contribution in [2.75, 3.05) is 6.54 Å². The summed E-state index contributed by atoms with van der Waals surface area (Å²) in [5.41, 5.74) is 1.20. The number of hydrogen-bond donors (Lipinski definition) is 2. The zero-order valence-corrected chi connectivity index (χ0v) is 11.5. The summed E-state index contributed by atoms with van der Waals surface area (Å²) >= 11 is 3.42. The van der Waals surface area contributed by atoms with E-state index in [1.54, 1.807) is 6.20 Å². The molecule has 0 bridgehead atoms. The molecular formula is C13H19BrN2O. The molecule has 0 spiro atoms. The summed E-state index contributed by atoms with van der Waals surface area (Å²) < 4.78 is 1.03. The lowest BCUT2D eigenvalue weighted by Crippen LogP contribution is -2.27. The third-order valence-corrected chi connectivity index (χ3v) is 3.77. The van der Waals surface area contributed by atoms with E-state index in [4.69, 9.17) is 0 Å².